The van der Waals surface area contributed by atoms with Gasteiger partial charge in [-0.15, -0.1) is 0 Å². The van der Waals surface area contributed by atoms with Crippen molar-refractivity contribution in [2.45, 2.75) is 13.5 Å². The average molecular weight is 350 g/mol. The number of aromatic nitrogens is 2. The molecule has 0 saturated carbocycles. The predicted molar refractivity (Wildman–Crippen MR) is 99.7 cm³/mol. The first-order valence-corrected chi connectivity index (χ1v) is 8.19. The van der Waals surface area contributed by atoms with Crippen LogP contribution >= 0.6 is 0 Å². The lowest BCUT2D eigenvalue weighted by atomic mass is 10.2. The van der Waals surface area contributed by atoms with Gasteiger partial charge in [-0.2, -0.15) is 0 Å². The van der Waals surface area contributed by atoms with Crippen molar-refractivity contribution in [3.63, 3.8) is 0 Å². The van der Waals surface area contributed by atoms with Crippen molar-refractivity contribution in [1.29, 1.82) is 0 Å². The largest absolute Gasteiger partial charge is 0.355 e. The Kier molecular flexibility index (Phi) is 5.22. The van der Waals surface area contributed by atoms with Gasteiger partial charge in [0.15, 0.2) is 0 Å². The molecule has 1 N–H and O–H groups in total. The van der Waals surface area contributed by atoms with Gasteiger partial charge in [0.05, 0.1) is 5.69 Å². The normalized spacial score (nSPS) is 10.4. The maximum atomic E-state index is 13.7. The Balaban J connectivity index is 1.81. The van der Waals surface area contributed by atoms with E-state index >= 15 is 0 Å². The Morgan fingerprint density at radius 3 is 2.50 bits per heavy atom. The molecule has 0 saturated heterocycles. The van der Waals surface area contributed by atoms with Crippen LogP contribution in [-0.4, -0.2) is 22.9 Å². The lowest BCUT2D eigenvalue weighted by molar-refractivity contribution is 0.102. The van der Waals surface area contributed by atoms with Gasteiger partial charge in [-0.1, -0.05) is 42.5 Å². The highest BCUT2D eigenvalue weighted by Gasteiger charge is 2.14. The summed E-state index contributed by atoms with van der Waals surface area (Å²) in [6.07, 6.45) is 0. The highest BCUT2D eigenvalue weighted by atomic mass is 19.1. The standard InChI is InChI=1S/C20H19FN4O/c1-14-22-18(20(26)24-17-11-7-6-10-16(17)21)12-19(23-14)25(2)13-15-8-4-3-5-9-15/h3-12H,13H2,1-2H3,(H,24,26). The molecule has 0 atom stereocenters. The second kappa shape index (κ2) is 7.74. The number of rotatable bonds is 5. The van der Waals surface area contributed by atoms with E-state index in [1.165, 1.54) is 12.1 Å². The summed E-state index contributed by atoms with van der Waals surface area (Å²) in [5, 5.41) is 2.55. The van der Waals surface area contributed by atoms with E-state index < -0.39 is 11.7 Å². The minimum atomic E-state index is -0.493. The fourth-order valence-electron chi connectivity index (χ4n) is 2.55. The summed E-state index contributed by atoms with van der Waals surface area (Å²) in [5.74, 6) is 0.129. The molecule has 26 heavy (non-hydrogen) atoms. The summed E-state index contributed by atoms with van der Waals surface area (Å²) >= 11 is 0. The lowest BCUT2D eigenvalue weighted by Crippen LogP contribution is -2.21. The number of carbonyl (C=O) groups is 1. The molecular formula is C20H19FN4O. The Morgan fingerprint density at radius 1 is 1.08 bits per heavy atom. The minimum Gasteiger partial charge on any atom is -0.355 e. The molecule has 3 aromatic rings. The number of halogens is 1. The number of nitrogens with zero attached hydrogens (tertiary/aromatic N) is 3. The Hall–Kier alpha value is -3.28. The van der Waals surface area contributed by atoms with Crippen LogP contribution in [0.2, 0.25) is 0 Å². The third kappa shape index (κ3) is 4.22. The quantitative estimate of drug-likeness (QED) is 0.760. The van der Waals surface area contributed by atoms with E-state index in [1.54, 1.807) is 25.1 Å². The summed E-state index contributed by atoms with van der Waals surface area (Å²) in [7, 11) is 1.90. The molecule has 0 aliphatic rings. The van der Waals surface area contributed by atoms with E-state index in [1.807, 2.05) is 42.3 Å². The molecule has 0 fully saturated rings. The molecular weight excluding hydrogens is 331 g/mol. The number of carbonyl (C=O) groups excluding carboxylic acids is 1. The van der Waals surface area contributed by atoms with Crippen LogP contribution in [0, 0.1) is 12.7 Å². The molecule has 1 amide bonds. The van der Waals surface area contributed by atoms with Crippen LogP contribution in [0.4, 0.5) is 15.9 Å². The fraction of sp³-hybridized carbons (Fsp3) is 0.150. The number of para-hydroxylation sites is 1. The van der Waals surface area contributed by atoms with Crippen LogP contribution in [0.3, 0.4) is 0 Å². The Labute approximate surface area is 151 Å². The van der Waals surface area contributed by atoms with E-state index in [2.05, 4.69) is 15.3 Å². The number of anilines is 2. The first-order chi connectivity index (χ1) is 12.5. The molecule has 0 unspecified atom stereocenters. The molecule has 0 radical (unpaired) electrons. The zero-order valence-corrected chi connectivity index (χ0v) is 14.6. The minimum absolute atomic E-state index is 0.118. The van der Waals surface area contributed by atoms with Crippen LogP contribution < -0.4 is 10.2 Å². The first-order valence-electron chi connectivity index (χ1n) is 8.19. The van der Waals surface area contributed by atoms with Gasteiger partial charge in [-0.3, -0.25) is 4.79 Å². The fourth-order valence-corrected chi connectivity index (χ4v) is 2.55. The zero-order valence-electron chi connectivity index (χ0n) is 14.6. The Morgan fingerprint density at radius 2 is 1.77 bits per heavy atom. The molecule has 5 nitrogen and oxygen atoms in total. The van der Waals surface area contributed by atoms with Crippen LogP contribution in [0.5, 0.6) is 0 Å². The summed E-state index contributed by atoms with van der Waals surface area (Å²) in [5.41, 5.74) is 1.44. The molecule has 0 spiro atoms. The van der Waals surface area contributed by atoms with Crippen molar-refractivity contribution >= 4 is 17.4 Å². The van der Waals surface area contributed by atoms with Crippen molar-refractivity contribution < 1.29 is 9.18 Å². The van der Waals surface area contributed by atoms with E-state index in [0.29, 0.717) is 18.2 Å². The summed E-state index contributed by atoms with van der Waals surface area (Å²) in [6, 6.07) is 17.6. The van der Waals surface area contributed by atoms with Crippen molar-refractivity contribution in [2.24, 2.45) is 0 Å². The molecule has 0 aliphatic heterocycles. The topological polar surface area (TPSA) is 58.1 Å². The smallest absolute Gasteiger partial charge is 0.274 e. The number of hydrogen-bond donors (Lipinski definition) is 1. The SMILES string of the molecule is Cc1nc(C(=O)Nc2ccccc2F)cc(N(C)Cc2ccccc2)n1. The molecule has 0 bridgehead atoms. The Bertz CT molecular complexity index is 915. The molecule has 2 aromatic carbocycles. The molecule has 1 aromatic heterocycles. The molecule has 6 heteroatoms. The van der Waals surface area contributed by atoms with Gasteiger partial charge in [-0.25, -0.2) is 14.4 Å². The molecule has 1 heterocycles. The third-order valence-corrected chi connectivity index (χ3v) is 3.83. The zero-order chi connectivity index (χ0) is 18.5. The van der Waals surface area contributed by atoms with Crippen LogP contribution in [0.25, 0.3) is 0 Å². The van der Waals surface area contributed by atoms with Crippen LogP contribution in [-0.2, 0) is 6.54 Å². The predicted octanol–water partition coefficient (Wildman–Crippen LogP) is 3.81. The number of nitrogens with one attached hydrogen (secondary N) is 1. The number of benzene rings is 2. The highest BCUT2D eigenvalue weighted by molar-refractivity contribution is 6.03. The van der Waals surface area contributed by atoms with Crippen molar-refractivity contribution in [1.82, 2.24) is 9.97 Å². The number of hydrogen-bond acceptors (Lipinski definition) is 4. The third-order valence-electron chi connectivity index (χ3n) is 3.83. The number of amides is 1. The van der Waals surface area contributed by atoms with Gasteiger partial charge in [-0.05, 0) is 24.6 Å². The van der Waals surface area contributed by atoms with E-state index in [4.69, 9.17) is 0 Å². The second-order valence-electron chi connectivity index (χ2n) is 5.93. The van der Waals surface area contributed by atoms with Gasteiger partial charge >= 0.3 is 0 Å². The number of aryl methyl sites for hydroxylation is 1. The molecule has 3 rings (SSSR count). The summed E-state index contributed by atoms with van der Waals surface area (Å²) in [6.45, 7) is 2.37. The van der Waals surface area contributed by atoms with Gasteiger partial charge in [0.25, 0.3) is 5.91 Å². The monoisotopic (exact) mass is 350 g/mol. The van der Waals surface area contributed by atoms with Gasteiger partial charge in [0, 0.05) is 19.7 Å². The van der Waals surface area contributed by atoms with E-state index in [0.717, 1.165) is 5.56 Å². The first kappa shape index (κ1) is 17.5. The molecule has 132 valence electrons. The van der Waals surface area contributed by atoms with Crippen LogP contribution in [0.1, 0.15) is 21.9 Å². The van der Waals surface area contributed by atoms with Crippen molar-refractivity contribution in [3.05, 3.63) is 83.6 Å². The highest BCUT2D eigenvalue weighted by Crippen LogP contribution is 2.17. The van der Waals surface area contributed by atoms with E-state index in [9.17, 15) is 9.18 Å². The maximum absolute atomic E-state index is 13.7. The van der Waals surface area contributed by atoms with Crippen LogP contribution in [0.15, 0.2) is 60.7 Å². The van der Waals surface area contributed by atoms with Gasteiger partial charge in [0.1, 0.15) is 23.2 Å². The van der Waals surface area contributed by atoms with Crippen molar-refractivity contribution in [3.8, 4) is 0 Å². The molecule has 0 aliphatic carbocycles. The second-order valence-corrected chi connectivity index (χ2v) is 5.93. The average Bonchev–Trinajstić information content (AvgIpc) is 2.64. The van der Waals surface area contributed by atoms with E-state index in [-0.39, 0.29) is 11.4 Å². The summed E-state index contributed by atoms with van der Waals surface area (Å²) in [4.78, 5) is 23.0. The van der Waals surface area contributed by atoms with Crippen molar-refractivity contribution in [2.75, 3.05) is 17.3 Å². The maximum Gasteiger partial charge on any atom is 0.274 e. The lowest BCUT2D eigenvalue weighted by Gasteiger charge is -2.19. The van der Waals surface area contributed by atoms with Gasteiger partial charge < -0.3 is 10.2 Å². The summed E-state index contributed by atoms with van der Waals surface area (Å²) < 4.78 is 13.7. The van der Waals surface area contributed by atoms with Gasteiger partial charge in [0.2, 0.25) is 0 Å².